The Morgan fingerprint density at radius 2 is 1.60 bits per heavy atom. The van der Waals surface area contributed by atoms with Crippen molar-refractivity contribution in [3.8, 4) is 17.2 Å². The van der Waals surface area contributed by atoms with Crippen LogP contribution in [0.4, 0.5) is 5.69 Å². The van der Waals surface area contributed by atoms with Crippen molar-refractivity contribution in [1.29, 1.82) is 0 Å². The zero-order chi connectivity index (χ0) is 33.3. The molecule has 0 saturated carbocycles. The van der Waals surface area contributed by atoms with E-state index in [0.717, 1.165) is 53.8 Å². The number of para-hydroxylation sites is 2. The first-order valence-electron chi connectivity index (χ1n) is 18.5. The summed E-state index contributed by atoms with van der Waals surface area (Å²) in [5, 5.41) is 1.09. The Hall–Kier alpha value is -5.22. The summed E-state index contributed by atoms with van der Waals surface area (Å²) in [6.07, 6.45) is 26.2. The molecule has 3 aromatic carbocycles. The Bertz CT molecular complexity index is 2310. The maximum atomic E-state index is 5.38. The normalized spacial score (nSPS) is 23.3. The number of aromatic nitrogens is 3. The van der Waals surface area contributed by atoms with E-state index in [2.05, 4.69) is 145 Å². The van der Waals surface area contributed by atoms with Crippen LogP contribution in [0.3, 0.4) is 0 Å². The van der Waals surface area contributed by atoms with Crippen LogP contribution in [0.1, 0.15) is 59.3 Å². The zero-order valence-electron chi connectivity index (χ0n) is 28.9. The van der Waals surface area contributed by atoms with Crippen LogP contribution >= 0.6 is 0 Å². The van der Waals surface area contributed by atoms with Gasteiger partial charge in [0.2, 0.25) is 5.95 Å². The maximum absolute atomic E-state index is 5.38. The Morgan fingerprint density at radius 1 is 0.780 bits per heavy atom. The minimum Gasteiger partial charge on any atom is -0.341 e. The third-order valence-electron chi connectivity index (χ3n) is 11.8. The monoisotopic (exact) mass is 650 g/mol. The molecule has 3 unspecified atom stereocenters. The van der Waals surface area contributed by atoms with E-state index in [1.165, 1.54) is 63.4 Å². The average Bonchev–Trinajstić information content (AvgIpc) is 3.66. The largest absolute Gasteiger partial charge is 0.341 e. The van der Waals surface area contributed by atoms with E-state index in [9.17, 15) is 0 Å². The molecule has 2 aromatic heterocycles. The van der Waals surface area contributed by atoms with Crippen LogP contribution in [0, 0.1) is 31.6 Å². The molecule has 50 heavy (non-hydrogen) atoms. The van der Waals surface area contributed by atoms with Crippen LogP contribution in [0.5, 0.6) is 0 Å². The van der Waals surface area contributed by atoms with Gasteiger partial charge in [0.15, 0.2) is 0 Å². The lowest BCUT2D eigenvalue weighted by Crippen LogP contribution is -2.32. The van der Waals surface area contributed by atoms with Crippen LogP contribution in [0.25, 0.3) is 40.3 Å². The van der Waals surface area contributed by atoms with Gasteiger partial charge in [-0.05, 0) is 118 Å². The lowest BCUT2D eigenvalue weighted by Gasteiger charge is -2.32. The third-order valence-corrected chi connectivity index (χ3v) is 11.8. The molecule has 10 rings (SSSR count). The molecule has 1 aliphatic heterocycles. The van der Waals surface area contributed by atoms with Crippen molar-refractivity contribution in [3.63, 3.8) is 0 Å². The molecule has 1 fully saturated rings. The van der Waals surface area contributed by atoms with Crippen LogP contribution in [-0.2, 0) is 12.8 Å². The summed E-state index contributed by atoms with van der Waals surface area (Å²) in [6, 6.07) is 26.8. The molecule has 246 valence electrons. The summed E-state index contributed by atoms with van der Waals surface area (Å²) in [5.41, 5.74) is 15.3. The number of nitrogens with zero attached hydrogens (tertiary/aromatic N) is 4. The molecule has 5 aliphatic rings. The predicted molar refractivity (Wildman–Crippen MR) is 206 cm³/mol. The molecule has 0 radical (unpaired) electrons. The van der Waals surface area contributed by atoms with E-state index >= 15 is 0 Å². The summed E-state index contributed by atoms with van der Waals surface area (Å²) < 4.78 is 2.35. The molecule has 0 amide bonds. The Labute approximate surface area is 294 Å². The molecule has 4 nitrogen and oxygen atoms in total. The summed E-state index contributed by atoms with van der Waals surface area (Å²) >= 11 is 0. The number of rotatable bonds is 4. The molecule has 3 heterocycles. The minimum atomic E-state index is 0.348. The van der Waals surface area contributed by atoms with Crippen molar-refractivity contribution in [1.82, 2.24) is 14.5 Å². The van der Waals surface area contributed by atoms with Gasteiger partial charge < -0.3 is 4.90 Å². The lowest BCUT2D eigenvalue weighted by atomic mass is 9.77. The van der Waals surface area contributed by atoms with Crippen molar-refractivity contribution in [2.24, 2.45) is 17.8 Å². The van der Waals surface area contributed by atoms with Crippen LogP contribution < -0.4 is 4.90 Å². The second-order valence-electron chi connectivity index (χ2n) is 14.9. The van der Waals surface area contributed by atoms with E-state index in [-0.39, 0.29) is 0 Å². The summed E-state index contributed by atoms with van der Waals surface area (Å²) in [6.45, 7) is 4.33. The van der Waals surface area contributed by atoms with Gasteiger partial charge in [0, 0.05) is 46.1 Å². The average molecular weight is 651 g/mol. The van der Waals surface area contributed by atoms with Gasteiger partial charge in [0.25, 0.3) is 0 Å². The summed E-state index contributed by atoms with van der Waals surface area (Å²) in [5.74, 6) is 2.25. The van der Waals surface area contributed by atoms with Crippen LogP contribution in [0.15, 0.2) is 121 Å². The van der Waals surface area contributed by atoms with Gasteiger partial charge in [-0.1, -0.05) is 84.0 Å². The first-order valence-corrected chi connectivity index (χ1v) is 18.5. The smallest absolute Gasteiger partial charge is 0.235 e. The number of benzene rings is 3. The van der Waals surface area contributed by atoms with Gasteiger partial charge >= 0.3 is 0 Å². The van der Waals surface area contributed by atoms with E-state index < -0.39 is 0 Å². The highest BCUT2D eigenvalue weighted by Gasteiger charge is 2.45. The van der Waals surface area contributed by atoms with Crippen LogP contribution in [0.2, 0.25) is 0 Å². The molecule has 0 N–H and O–H groups in total. The highest BCUT2D eigenvalue weighted by atomic mass is 15.2. The number of hydrogen-bond donors (Lipinski definition) is 0. The Balaban J connectivity index is 1.06. The lowest BCUT2D eigenvalue weighted by molar-refractivity contribution is 0.423. The van der Waals surface area contributed by atoms with E-state index in [1.807, 2.05) is 0 Å². The van der Waals surface area contributed by atoms with Crippen molar-refractivity contribution >= 4 is 28.7 Å². The number of anilines is 1. The van der Waals surface area contributed by atoms with E-state index in [0.29, 0.717) is 23.8 Å². The number of allylic oxidation sites excluding steroid dienone is 7. The van der Waals surface area contributed by atoms with Crippen molar-refractivity contribution in [2.75, 3.05) is 4.90 Å². The summed E-state index contributed by atoms with van der Waals surface area (Å²) in [7, 11) is 0. The molecule has 1 saturated heterocycles. The Morgan fingerprint density at radius 3 is 2.48 bits per heavy atom. The van der Waals surface area contributed by atoms with Gasteiger partial charge in [0.1, 0.15) is 0 Å². The number of fused-ring (bicyclic) bond motifs is 7. The number of aryl methyl sites for hydroxylation is 2. The van der Waals surface area contributed by atoms with Gasteiger partial charge in [-0.25, -0.2) is 9.97 Å². The molecule has 4 atom stereocenters. The fourth-order valence-corrected chi connectivity index (χ4v) is 9.67. The van der Waals surface area contributed by atoms with Crippen molar-refractivity contribution in [3.05, 3.63) is 154 Å². The van der Waals surface area contributed by atoms with Gasteiger partial charge in [-0.15, -0.1) is 0 Å². The first kappa shape index (κ1) is 29.7. The molecular weight excluding hydrogens is 609 g/mol. The third kappa shape index (κ3) is 4.72. The second-order valence-corrected chi connectivity index (χ2v) is 14.9. The quantitative estimate of drug-likeness (QED) is 0.182. The fraction of sp³-hybridized carbons (Fsp3) is 0.261. The molecule has 5 aromatic rings. The SMILES string of the molecule is Cc1cc(C)cc(-c2nc(-n3c4c(c5c3C=C[C@H](C3=CCC6C(=C3)N(c3ccccc3)C3CCC=CC63)C5)CCC=C4)nc3ccccc23)c1. The predicted octanol–water partition coefficient (Wildman–Crippen LogP) is 10.5. The second kappa shape index (κ2) is 11.7. The minimum absolute atomic E-state index is 0.348. The van der Waals surface area contributed by atoms with Gasteiger partial charge in [0.05, 0.1) is 22.6 Å². The van der Waals surface area contributed by atoms with Crippen molar-refractivity contribution in [2.45, 2.75) is 58.4 Å². The molecule has 4 aliphatic carbocycles. The summed E-state index contributed by atoms with van der Waals surface area (Å²) in [4.78, 5) is 13.3. The molecule has 4 heteroatoms. The van der Waals surface area contributed by atoms with Gasteiger partial charge in [-0.3, -0.25) is 4.57 Å². The highest BCUT2D eigenvalue weighted by Crippen LogP contribution is 2.50. The number of hydrogen-bond acceptors (Lipinski definition) is 3. The molecule has 0 spiro atoms. The van der Waals surface area contributed by atoms with Crippen molar-refractivity contribution < 1.29 is 0 Å². The topological polar surface area (TPSA) is 34.0 Å². The standard InChI is InChI=1S/C46H42N4/c1-29-24-30(2)26-33(25-29)45-38-16-6-9-17-40(38)47-46(48-45)50-42-19-11-8-15-36(42)39-27-31(21-23-43(39)50)32-20-22-37-35-14-7-10-18-41(35)49(44(37)28-32)34-12-4-3-5-13-34/h3-7,9,11-14,16-17,19-21,23-26,28,31,35,37,41H,8,10,15,18,22,27H2,1-2H3/t31-,35?,37?,41?/m0/s1. The van der Waals surface area contributed by atoms with E-state index in [4.69, 9.17) is 9.97 Å². The van der Waals surface area contributed by atoms with E-state index in [1.54, 1.807) is 0 Å². The highest BCUT2D eigenvalue weighted by molar-refractivity contribution is 5.93. The maximum Gasteiger partial charge on any atom is 0.235 e. The molecular formula is C46H42N4. The van der Waals surface area contributed by atoms with Crippen LogP contribution in [-0.4, -0.2) is 20.6 Å². The molecule has 0 bridgehead atoms. The van der Waals surface area contributed by atoms with Gasteiger partial charge in [-0.2, -0.15) is 0 Å². The zero-order valence-corrected chi connectivity index (χ0v) is 28.9. The fourth-order valence-electron chi connectivity index (χ4n) is 9.67. The Kier molecular flexibility index (Phi) is 6.94. The first-order chi connectivity index (χ1) is 24.6.